The highest BCUT2D eigenvalue weighted by molar-refractivity contribution is 5.97. The Morgan fingerprint density at radius 1 is 1.38 bits per heavy atom. The number of fused-ring (bicyclic) bond motifs is 1. The maximum absolute atomic E-state index is 11.3. The third-order valence-corrected chi connectivity index (χ3v) is 2.14. The van der Waals surface area contributed by atoms with Crippen LogP contribution in [0.3, 0.4) is 0 Å². The van der Waals surface area contributed by atoms with Gasteiger partial charge in [0.15, 0.2) is 0 Å². The van der Waals surface area contributed by atoms with Crippen LogP contribution >= 0.6 is 0 Å². The molecule has 2 rings (SSSR count). The summed E-state index contributed by atoms with van der Waals surface area (Å²) in [5, 5.41) is 10.1. The standard InChI is InChI=1S/C11H8O5/c1-15-11(14)7-4-6-2-3-10(13)16-9(6)5-8(7)12/h2-5,12H,1H3. The van der Waals surface area contributed by atoms with Crippen molar-refractivity contribution in [3.8, 4) is 5.75 Å². The van der Waals surface area contributed by atoms with E-state index in [1.165, 1.54) is 31.4 Å². The fraction of sp³-hybridized carbons (Fsp3) is 0.0909. The predicted octanol–water partition coefficient (Wildman–Crippen LogP) is 1.29. The molecule has 0 bridgehead atoms. The van der Waals surface area contributed by atoms with Gasteiger partial charge in [-0.05, 0) is 12.1 Å². The average Bonchev–Trinajstić information content (AvgIpc) is 2.27. The second kappa shape index (κ2) is 3.69. The Bertz CT molecular complexity index is 611. The van der Waals surface area contributed by atoms with E-state index in [-0.39, 0.29) is 16.9 Å². The number of methoxy groups -OCH3 is 1. The minimum absolute atomic E-state index is 0.0313. The van der Waals surface area contributed by atoms with Gasteiger partial charge in [-0.1, -0.05) is 0 Å². The molecule has 1 N–H and O–H groups in total. The van der Waals surface area contributed by atoms with Crippen LogP contribution in [0.5, 0.6) is 5.75 Å². The molecule has 82 valence electrons. The first-order chi connectivity index (χ1) is 7.61. The number of carbonyl (C=O) groups is 1. The van der Waals surface area contributed by atoms with Crippen LogP contribution in [0.2, 0.25) is 0 Å². The van der Waals surface area contributed by atoms with E-state index in [9.17, 15) is 14.7 Å². The SMILES string of the molecule is COC(=O)c1cc2ccc(=O)oc2cc1O. The first-order valence-electron chi connectivity index (χ1n) is 4.47. The summed E-state index contributed by atoms with van der Waals surface area (Å²) in [7, 11) is 1.22. The van der Waals surface area contributed by atoms with E-state index in [1.54, 1.807) is 0 Å². The number of aromatic hydroxyl groups is 1. The van der Waals surface area contributed by atoms with Gasteiger partial charge in [0.25, 0.3) is 0 Å². The van der Waals surface area contributed by atoms with Crippen molar-refractivity contribution in [2.45, 2.75) is 0 Å². The fourth-order valence-electron chi connectivity index (χ4n) is 1.38. The molecule has 0 aliphatic heterocycles. The van der Waals surface area contributed by atoms with Crippen molar-refractivity contribution in [1.82, 2.24) is 0 Å². The zero-order chi connectivity index (χ0) is 11.7. The van der Waals surface area contributed by atoms with E-state index < -0.39 is 11.6 Å². The number of ether oxygens (including phenoxy) is 1. The molecule has 5 nitrogen and oxygen atoms in total. The molecule has 1 aromatic heterocycles. The van der Waals surface area contributed by atoms with E-state index in [0.29, 0.717) is 5.39 Å². The molecule has 0 aliphatic rings. The highest BCUT2D eigenvalue weighted by atomic mass is 16.5. The summed E-state index contributed by atoms with van der Waals surface area (Å²) < 4.78 is 9.34. The average molecular weight is 220 g/mol. The molecule has 1 heterocycles. The van der Waals surface area contributed by atoms with Gasteiger partial charge in [0.05, 0.1) is 7.11 Å². The Morgan fingerprint density at radius 2 is 2.12 bits per heavy atom. The molecule has 0 saturated carbocycles. The third kappa shape index (κ3) is 1.63. The van der Waals surface area contributed by atoms with E-state index in [2.05, 4.69) is 4.74 Å². The quantitative estimate of drug-likeness (QED) is 0.578. The lowest BCUT2D eigenvalue weighted by atomic mass is 10.1. The second-order valence-corrected chi connectivity index (χ2v) is 3.15. The third-order valence-electron chi connectivity index (χ3n) is 2.14. The minimum Gasteiger partial charge on any atom is -0.507 e. The maximum atomic E-state index is 11.3. The number of carbonyl (C=O) groups excluding carboxylic acids is 1. The number of hydrogen-bond donors (Lipinski definition) is 1. The van der Waals surface area contributed by atoms with Gasteiger partial charge in [-0.25, -0.2) is 9.59 Å². The van der Waals surface area contributed by atoms with Crippen LogP contribution in [-0.2, 0) is 4.74 Å². The first-order valence-corrected chi connectivity index (χ1v) is 4.47. The van der Waals surface area contributed by atoms with Crippen LogP contribution < -0.4 is 5.63 Å². The van der Waals surface area contributed by atoms with E-state index >= 15 is 0 Å². The van der Waals surface area contributed by atoms with Crippen molar-refractivity contribution in [1.29, 1.82) is 0 Å². The summed E-state index contributed by atoms with van der Waals surface area (Å²) in [6.07, 6.45) is 0. The smallest absolute Gasteiger partial charge is 0.341 e. The first kappa shape index (κ1) is 10.2. The Balaban J connectivity index is 2.72. The van der Waals surface area contributed by atoms with Gasteiger partial charge in [-0.3, -0.25) is 0 Å². The molecular formula is C11H8O5. The summed E-state index contributed by atoms with van der Waals surface area (Å²) >= 11 is 0. The van der Waals surface area contributed by atoms with Crippen molar-refractivity contribution in [3.63, 3.8) is 0 Å². The van der Waals surface area contributed by atoms with Gasteiger partial charge in [0.1, 0.15) is 16.9 Å². The number of esters is 1. The topological polar surface area (TPSA) is 76.7 Å². The highest BCUT2D eigenvalue weighted by Gasteiger charge is 2.13. The van der Waals surface area contributed by atoms with Gasteiger partial charge in [0.2, 0.25) is 0 Å². The molecule has 0 fully saturated rings. The van der Waals surface area contributed by atoms with Crippen molar-refractivity contribution in [2.75, 3.05) is 7.11 Å². The van der Waals surface area contributed by atoms with Gasteiger partial charge < -0.3 is 14.3 Å². The highest BCUT2D eigenvalue weighted by Crippen LogP contribution is 2.24. The fourth-order valence-corrected chi connectivity index (χ4v) is 1.38. The van der Waals surface area contributed by atoms with Crippen molar-refractivity contribution in [3.05, 3.63) is 40.2 Å². The van der Waals surface area contributed by atoms with Gasteiger partial charge in [0, 0.05) is 17.5 Å². The number of phenolic OH excluding ortho intramolecular Hbond substituents is 1. The molecule has 0 spiro atoms. The molecular weight excluding hydrogens is 212 g/mol. The zero-order valence-electron chi connectivity index (χ0n) is 8.39. The molecule has 16 heavy (non-hydrogen) atoms. The maximum Gasteiger partial charge on any atom is 0.341 e. The molecule has 0 saturated heterocycles. The van der Waals surface area contributed by atoms with E-state index in [4.69, 9.17) is 4.42 Å². The largest absolute Gasteiger partial charge is 0.507 e. The van der Waals surface area contributed by atoms with Crippen LogP contribution in [0.1, 0.15) is 10.4 Å². The second-order valence-electron chi connectivity index (χ2n) is 3.15. The Morgan fingerprint density at radius 3 is 2.81 bits per heavy atom. The molecule has 5 heteroatoms. The minimum atomic E-state index is -0.648. The summed E-state index contributed by atoms with van der Waals surface area (Å²) in [5.41, 5.74) is -0.265. The number of phenols is 1. The van der Waals surface area contributed by atoms with E-state index in [1.807, 2.05) is 0 Å². The monoisotopic (exact) mass is 220 g/mol. The number of benzene rings is 1. The van der Waals surface area contributed by atoms with Crippen LogP contribution in [0.15, 0.2) is 33.5 Å². The molecule has 2 aromatic rings. The lowest BCUT2D eigenvalue weighted by Gasteiger charge is -2.03. The molecule has 0 radical (unpaired) electrons. The lowest BCUT2D eigenvalue weighted by molar-refractivity contribution is 0.0597. The summed E-state index contributed by atoms with van der Waals surface area (Å²) in [6, 6.07) is 5.36. The molecule has 0 unspecified atom stereocenters. The van der Waals surface area contributed by atoms with Crippen molar-refractivity contribution in [2.24, 2.45) is 0 Å². The number of hydrogen-bond acceptors (Lipinski definition) is 5. The lowest BCUT2D eigenvalue weighted by Crippen LogP contribution is -2.02. The zero-order valence-corrected chi connectivity index (χ0v) is 8.39. The molecule has 0 aliphatic carbocycles. The van der Waals surface area contributed by atoms with Crippen LogP contribution in [0.4, 0.5) is 0 Å². The normalized spacial score (nSPS) is 10.3. The van der Waals surface area contributed by atoms with Crippen LogP contribution in [-0.4, -0.2) is 18.2 Å². The summed E-state index contributed by atoms with van der Waals surface area (Å²) in [4.78, 5) is 22.2. The van der Waals surface area contributed by atoms with Gasteiger partial charge >= 0.3 is 11.6 Å². The van der Waals surface area contributed by atoms with Crippen LogP contribution in [0.25, 0.3) is 11.0 Å². The molecule has 1 aromatic carbocycles. The van der Waals surface area contributed by atoms with E-state index in [0.717, 1.165) is 0 Å². The molecule has 0 amide bonds. The van der Waals surface area contributed by atoms with Crippen molar-refractivity contribution < 1.29 is 19.1 Å². The van der Waals surface area contributed by atoms with Gasteiger partial charge in [-0.15, -0.1) is 0 Å². The Hall–Kier alpha value is -2.30. The van der Waals surface area contributed by atoms with Crippen LogP contribution in [0, 0.1) is 0 Å². The van der Waals surface area contributed by atoms with Gasteiger partial charge in [-0.2, -0.15) is 0 Å². The Labute approximate surface area is 89.9 Å². The summed E-state index contributed by atoms with van der Waals surface area (Å²) in [6.45, 7) is 0. The predicted molar refractivity (Wildman–Crippen MR) is 55.5 cm³/mol. The summed E-state index contributed by atoms with van der Waals surface area (Å²) in [5.74, 6) is -0.931. The Kier molecular flexibility index (Phi) is 2.36. The van der Waals surface area contributed by atoms with Crippen molar-refractivity contribution >= 4 is 16.9 Å². The number of rotatable bonds is 1. The molecule has 0 atom stereocenters.